The minimum atomic E-state index is -0.591. The van der Waals surface area contributed by atoms with Crippen LogP contribution in [0.15, 0.2) is 34.7 Å². The Labute approximate surface area is 135 Å². The highest BCUT2D eigenvalue weighted by Crippen LogP contribution is 2.31. The number of aryl methyl sites for hydroxylation is 2. The average molecular weight is 314 g/mol. The number of carbonyl (C=O) groups is 1. The van der Waals surface area contributed by atoms with Crippen LogP contribution in [0.2, 0.25) is 0 Å². The topological polar surface area (TPSA) is 74.5 Å². The van der Waals surface area contributed by atoms with Gasteiger partial charge in [0.05, 0.1) is 18.2 Å². The molecule has 1 unspecified atom stereocenters. The lowest BCUT2D eigenvalue weighted by Crippen LogP contribution is -2.41. The van der Waals surface area contributed by atoms with Crippen molar-refractivity contribution in [3.05, 3.63) is 58.5 Å². The second-order valence-electron chi connectivity index (χ2n) is 6.16. The summed E-state index contributed by atoms with van der Waals surface area (Å²) in [5, 5.41) is 16.0. The lowest BCUT2D eigenvalue weighted by molar-refractivity contribution is 0.142. The van der Waals surface area contributed by atoms with Crippen molar-refractivity contribution in [3.8, 4) is 0 Å². The van der Waals surface area contributed by atoms with E-state index < -0.39 is 6.10 Å². The number of hydrogen-bond acceptors (Lipinski definition) is 3. The van der Waals surface area contributed by atoms with Gasteiger partial charge in [-0.3, -0.25) is 0 Å². The van der Waals surface area contributed by atoms with E-state index in [9.17, 15) is 9.90 Å². The second-order valence-corrected chi connectivity index (χ2v) is 6.16. The maximum atomic E-state index is 12.3. The van der Waals surface area contributed by atoms with Crippen molar-refractivity contribution in [2.75, 3.05) is 0 Å². The molecule has 0 radical (unpaired) electrons. The molecule has 0 spiro atoms. The molecular formula is C18H22N2O3. The Morgan fingerprint density at radius 2 is 2.09 bits per heavy atom. The Hall–Kier alpha value is -2.27. The lowest BCUT2D eigenvalue weighted by atomic mass is 10.1. The fraction of sp³-hybridized carbons (Fsp3) is 0.389. The quantitative estimate of drug-likeness (QED) is 0.815. The normalized spacial score (nSPS) is 20.9. The monoisotopic (exact) mass is 314 g/mol. The predicted molar refractivity (Wildman–Crippen MR) is 87.2 cm³/mol. The first kappa shape index (κ1) is 15.6. The highest BCUT2D eigenvalue weighted by molar-refractivity contribution is 5.75. The molecule has 2 aromatic rings. The van der Waals surface area contributed by atoms with Crippen LogP contribution in [-0.2, 0) is 6.42 Å². The van der Waals surface area contributed by atoms with E-state index in [2.05, 4.69) is 10.6 Å². The zero-order valence-corrected chi connectivity index (χ0v) is 13.6. The number of amides is 2. The van der Waals surface area contributed by atoms with Crippen LogP contribution in [0, 0.1) is 13.8 Å². The summed E-state index contributed by atoms with van der Waals surface area (Å²) in [4.78, 5) is 12.3. The van der Waals surface area contributed by atoms with E-state index in [1.54, 1.807) is 0 Å². The first-order chi connectivity index (χ1) is 11.0. The molecule has 3 atom stereocenters. The predicted octanol–water partition coefficient (Wildman–Crippen LogP) is 2.91. The van der Waals surface area contributed by atoms with Crippen LogP contribution in [0.25, 0.3) is 0 Å². The molecule has 0 saturated carbocycles. The summed E-state index contributed by atoms with van der Waals surface area (Å²) in [5.74, 6) is 1.63. The van der Waals surface area contributed by atoms with E-state index in [0.717, 1.165) is 28.2 Å². The molecule has 5 heteroatoms. The molecule has 1 aliphatic carbocycles. The third-order valence-corrected chi connectivity index (χ3v) is 4.38. The van der Waals surface area contributed by atoms with Crippen LogP contribution in [0.3, 0.4) is 0 Å². The first-order valence-electron chi connectivity index (χ1n) is 7.85. The highest BCUT2D eigenvalue weighted by atomic mass is 16.3. The third kappa shape index (κ3) is 3.10. The number of aliphatic hydroxyl groups excluding tert-OH is 1. The number of aliphatic hydroxyl groups is 1. The smallest absolute Gasteiger partial charge is 0.315 e. The van der Waals surface area contributed by atoms with Crippen molar-refractivity contribution < 1.29 is 14.3 Å². The number of furan rings is 1. The van der Waals surface area contributed by atoms with Gasteiger partial charge in [0, 0.05) is 12.0 Å². The minimum absolute atomic E-state index is 0.166. The summed E-state index contributed by atoms with van der Waals surface area (Å²) in [6.07, 6.45) is -0.0252. The van der Waals surface area contributed by atoms with Crippen LogP contribution < -0.4 is 10.6 Å². The van der Waals surface area contributed by atoms with Crippen LogP contribution in [0.1, 0.15) is 47.2 Å². The summed E-state index contributed by atoms with van der Waals surface area (Å²) >= 11 is 0. The Balaban J connectivity index is 1.67. The molecule has 0 bridgehead atoms. The highest BCUT2D eigenvalue weighted by Gasteiger charge is 2.32. The number of rotatable bonds is 3. The molecule has 0 aliphatic heterocycles. The van der Waals surface area contributed by atoms with Gasteiger partial charge in [-0.25, -0.2) is 4.79 Å². The average Bonchev–Trinajstić information content (AvgIpc) is 2.99. The zero-order valence-electron chi connectivity index (χ0n) is 13.6. The van der Waals surface area contributed by atoms with E-state index in [4.69, 9.17) is 4.42 Å². The molecule has 5 nitrogen and oxygen atoms in total. The molecule has 1 heterocycles. The number of urea groups is 1. The fourth-order valence-corrected chi connectivity index (χ4v) is 3.29. The Bertz CT molecular complexity index is 723. The number of benzene rings is 1. The van der Waals surface area contributed by atoms with Gasteiger partial charge in [-0.15, -0.1) is 0 Å². The fourth-order valence-electron chi connectivity index (χ4n) is 3.29. The van der Waals surface area contributed by atoms with Crippen LogP contribution >= 0.6 is 0 Å². The van der Waals surface area contributed by atoms with Crippen molar-refractivity contribution in [1.29, 1.82) is 0 Å². The molecular weight excluding hydrogens is 292 g/mol. The van der Waals surface area contributed by atoms with Gasteiger partial charge < -0.3 is 20.2 Å². The van der Waals surface area contributed by atoms with E-state index in [1.165, 1.54) is 0 Å². The van der Waals surface area contributed by atoms with E-state index in [0.29, 0.717) is 6.42 Å². The van der Waals surface area contributed by atoms with Crippen molar-refractivity contribution in [1.82, 2.24) is 10.6 Å². The molecule has 1 aromatic carbocycles. The molecule has 23 heavy (non-hydrogen) atoms. The number of carbonyl (C=O) groups excluding carboxylic acids is 1. The summed E-state index contributed by atoms with van der Waals surface area (Å²) in [7, 11) is 0. The van der Waals surface area contributed by atoms with E-state index in [-0.39, 0.29) is 18.1 Å². The minimum Gasteiger partial charge on any atom is -0.466 e. The van der Waals surface area contributed by atoms with Crippen molar-refractivity contribution in [2.24, 2.45) is 0 Å². The summed E-state index contributed by atoms with van der Waals surface area (Å²) < 4.78 is 5.50. The lowest BCUT2D eigenvalue weighted by Gasteiger charge is -2.20. The van der Waals surface area contributed by atoms with Crippen LogP contribution in [0.4, 0.5) is 4.79 Å². The Morgan fingerprint density at radius 3 is 2.78 bits per heavy atom. The number of nitrogens with one attached hydrogen (secondary N) is 2. The maximum absolute atomic E-state index is 12.3. The van der Waals surface area contributed by atoms with E-state index >= 15 is 0 Å². The van der Waals surface area contributed by atoms with E-state index in [1.807, 2.05) is 51.1 Å². The molecule has 0 fully saturated rings. The molecule has 1 aromatic heterocycles. The van der Waals surface area contributed by atoms with Gasteiger partial charge in [0.1, 0.15) is 11.5 Å². The third-order valence-electron chi connectivity index (χ3n) is 4.38. The maximum Gasteiger partial charge on any atom is 0.315 e. The largest absolute Gasteiger partial charge is 0.466 e. The SMILES string of the molecule is Cc1cc(C(C)NC(=O)N[C@H]2c3ccccc3C[C@H]2O)c(C)o1. The summed E-state index contributed by atoms with van der Waals surface area (Å²) in [6, 6.07) is 8.90. The first-order valence-corrected chi connectivity index (χ1v) is 7.85. The van der Waals surface area contributed by atoms with Gasteiger partial charge in [-0.05, 0) is 38.0 Å². The van der Waals surface area contributed by atoms with Gasteiger partial charge in [0.15, 0.2) is 0 Å². The standard InChI is InChI=1S/C18H22N2O3/c1-10-8-15(12(3)23-10)11(2)19-18(22)20-17-14-7-5-4-6-13(14)9-16(17)21/h4-8,11,16-17,21H,9H2,1-3H3,(H2,19,20,22)/t11?,16-,17+/m1/s1. The molecule has 1 aliphatic rings. The Kier molecular flexibility index (Phi) is 4.13. The molecule has 2 amide bonds. The molecule has 122 valence electrons. The van der Waals surface area contributed by atoms with Gasteiger partial charge in [-0.1, -0.05) is 24.3 Å². The van der Waals surface area contributed by atoms with Crippen molar-refractivity contribution >= 4 is 6.03 Å². The second kappa shape index (κ2) is 6.08. The van der Waals surface area contributed by atoms with Gasteiger partial charge in [0.25, 0.3) is 0 Å². The van der Waals surface area contributed by atoms with Crippen molar-refractivity contribution in [3.63, 3.8) is 0 Å². The van der Waals surface area contributed by atoms with Gasteiger partial charge >= 0.3 is 6.03 Å². The van der Waals surface area contributed by atoms with Crippen LogP contribution in [0.5, 0.6) is 0 Å². The summed E-state index contributed by atoms with van der Waals surface area (Å²) in [5.41, 5.74) is 3.03. The van der Waals surface area contributed by atoms with Crippen molar-refractivity contribution in [2.45, 2.75) is 45.4 Å². The molecule has 0 saturated heterocycles. The number of hydrogen-bond donors (Lipinski definition) is 3. The van der Waals surface area contributed by atoms with Gasteiger partial charge in [0.2, 0.25) is 0 Å². The molecule has 3 N–H and O–H groups in total. The van der Waals surface area contributed by atoms with Crippen LogP contribution in [-0.4, -0.2) is 17.2 Å². The van der Waals surface area contributed by atoms with Gasteiger partial charge in [-0.2, -0.15) is 0 Å². The summed E-state index contributed by atoms with van der Waals surface area (Å²) in [6.45, 7) is 5.68. The zero-order chi connectivity index (χ0) is 16.6. The molecule has 3 rings (SSSR count). The Morgan fingerprint density at radius 1 is 1.35 bits per heavy atom. The number of fused-ring (bicyclic) bond motifs is 1.